The Labute approximate surface area is 379 Å². The van der Waals surface area contributed by atoms with E-state index in [0.29, 0.717) is 14.7 Å². The zero-order chi connectivity index (χ0) is 39.3. The van der Waals surface area contributed by atoms with E-state index < -0.39 is 53.2 Å². The molecule has 0 bridgehead atoms. The number of allylic oxidation sites excluding steroid dienone is 4. The number of halogens is 2. The third-order valence-electron chi connectivity index (χ3n) is 12.8. The van der Waals surface area contributed by atoms with Crippen LogP contribution in [0.3, 0.4) is 0 Å². The molecule has 4 aromatic carbocycles. The molecule has 0 saturated carbocycles. The number of rotatable bonds is 14. The van der Waals surface area contributed by atoms with Crippen molar-refractivity contribution in [3.63, 3.8) is 0 Å². The SMILES string of the molecule is C=C[SiH](C=C)[Hf+]([CH]1C(CC)=Cc2ccccc21)[CH]1C(CC)=Cc2ccccc21.C=C[SiH](C=C)[Hf+]([CH]1C(CC)=Cc2ccccc21)[CH]1C(CC)=Cc2ccccc21.[Cl-].[Cl-]. The van der Waals surface area contributed by atoms with Crippen molar-refractivity contribution < 1.29 is 66.0 Å². The Morgan fingerprint density at radius 1 is 0.397 bits per heavy atom. The number of hydrogen-bond donors (Lipinski definition) is 0. The fourth-order valence-corrected chi connectivity index (χ4v) is 76.0. The van der Waals surface area contributed by atoms with Gasteiger partial charge in [-0.05, 0) is 0 Å². The van der Waals surface area contributed by atoms with Gasteiger partial charge in [0.05, 0.1) is 0 Å². The van der Waals surface area contributed by atoms with Crippen molar-refractivity contribution in [3.8, 4) is 0 Å². The van der Waals surface area contributed by atoms with Crippen LogP contribution >= 0.6 is 0 Å². The van der Waals surface area contributed by atoms with Gasteiger partial charge in [0.15, 0.2) is 0 Å². The van der Waals surface area contributed by atoms with Gasteiger partial charge in [-0.3, -0.25) is 0 Å². The summed E-state index contributed by atoms with van der Waals surface area (Å²) in [6.07, 6.45) is 14.6. The van der Waals surface area contributed by atoms with E-state index in [2.05, 4.69) is 198 Å². The summed E-state index contributed by atoms with van der Waals surface area (Å²) >= 11 is -4.60. The Kier molecular flexibility index (Phi) is 17.2. The Balaban J connectivity index is 0.000000214. The molecular formula is C52H58Cl2Hf2Si2. The first-order valence-corrected chi connectivity index (χ1v) is 45.4. The first-order valence-electron chi connectivity index (χ1n) is 20.9. The molecule has 6 heteroatoms. The first kappa shape index (κ1) is 46.6. The molecule has 4 aliphatic carbocycles. The number of hydrogen-bond acceptors (Lipinski definition) is 0. The van der Waals surface area contributed by atoms with Gasteiger partial charge in [0.2, 0.25) is 0 Å². The Hall–Kier alpha value is -2.45. The van der Waals surface area contributed by atoms with Crippen LogP contribution < -0.4 is 24.8 Å². The first-order chi connectivity index (χ1) is 27.5. The van der Waals surface area contributed by atoms with E-state index in [1.165, 1.54) is 22.3 Å². The largest absolute Gasteiger partial charge is 1.00 e. The number of benzene rings is 4. The average molecular weight is 1170 g/mol. The minimum absolute atomic E-state index is 0. The van der Waals surface area contributed by atoms with Crippen molar-refractivity contribution in [1.29, 1.82) is 0 Å². The van der Waals surface area contributed by atoms with Gasteiger partial charge in [-0.2, -0.15) is 0 Å². The van der Waals surface area contributed by atoms with Crippen LogP contribution in [0.4, 0.5) is 0 Å². The van der Waals surface area contributed by atoms with E-state index in [1.807, 2.05) is 0 Å². The summed E-state index contributed by atoms with van der Waals surface area (Å²) in [5.41, 5.74) is 28.3. The number of fused-ring (bicyclic) bond motifs is 4. The van der Waals surface area contributed by atoms with Crippen molar-refractivity contribution in [3.05, 3.63) is 213 Å². The third-order valence-corrected chi connectivity index (χ3v) is 73.4. The fourth-order valence-electron chi connectivity index (χ4n) is 10.2. The molecule has 296 valence electrons. The maximum Gasteiger partial charge on any atom is -1.00 e. The summed E-state index contributed by atoms with van der Waals surface area (Å²) < 4.78 is 2.74. The molecule has 0 aromatic heterocycles. The maximum atomic E-state index is 4.31. The molecule has 0 aliphatic heterocycles. The van der Waals surface area contributed by atoms with Gasteiger partial charge in [-0.1, -0.05) is 0 Å². The van der Waals surface area contributed by atoms with Crippen molar-refractivity contribution in [1.82, 2.24) is 0 Å². The molecule has 0 amide bonds. The molecular weight excluding hydrogens is 1110 g/mol. The van der Waals surface area contributed by atoms with Crippen LogP contribution in [-0.4, -0.2) is 12.0 Å². The predicted octanol–water partition coefficient (Wildman–Crippen LogP) is 7.76. The zero-order valence-corrected chi connectivity index (χ0v) is 45.7. The Bertz CT molecular complexity index is 1950. The van der Waals surface area contributed by atoms with E-state index >= 15 is 0 Å². The molecule has 0 nitrogen and oxygen atoms in total. The quantitative estimate of drug-likeness (QED) is 0.114. The van der Waals surface area contributed by atoms with Gasteiger partial charge < -0.3 is 24.8 Å². The monoisotopic (exact) mass is 1170 g/mol. The van der Waals surface area contributed by atoms with E-state index in [-0.39, 0.29) is 24.8 Å². The van der Waals surface area contributed by atoms with Gasteiger partial charge in [0, 0.05) is 0 Å². The van der Waals surface area contributed by atoms with Crippen LogP contribution in [0.15, 0.2) is 168 Å². The summed E-state index contributed by atoms with van der Waals surface area (Å²) in [6.45, 7) is 26.6. The Morgan fingerprint density at radius 2 is 0.603 bits per heavy atom. The Morgan fingerprint density at radius 3 is 0.793 bits per heavy atom. The third kappa shape index (κ3) is 8.81. The molecule has 4 aliphatic rings. The smallest absolute Gasteiger partial charge is 1.00 e. The van der Waals surface area contributed by atoms with Crippen molar-refractivity contribution >= 4 is 36.3 Å². The van der Waals surface area contributed by atoms with Crippen molar-refractivity contribution in [2.45, 2.75) is 68.1 Å². The molecule has 0 spiro atoms. The van der Waals surface area contributed by atoms with Crippen LogP contribution in [0.2, 0.25) is 0 Å². The predicted molar refractivity (Wildman–Crippen MR) is 245 cm³/mol. The van der Waals surface area contributed by atoms with Crippen LogP contribution in [-0.2, 0) is 41.2 Å². The van der Waals surface area contributed by atoms with Crippen LogP contribution in [0.5, 0.6) is 0 Å². The van der Waals surface area contributed by atoms with Crippen molar-refractivity contribution in [2.24, 2.45) is 0 Å². The van der Waals surface area contributed by atoms with Gasteiger partial charge >= 0.3 is 359 Å². The van der Waals surface area contributed by atoms with E-state index in [4.69, 9.17) is 0 Å². The molecule has 4 atom stereocenters. The summed E-state index contributed by atoms with van der Waals surface area (Å²) in [5.74, 6) is -2.35. The van der Waals surface area contributed by atoms with Crippen LogP contribution in [0.25, 0.3) is 24.3 Å². The minimum atomic E-state index is -2.30. The van der Waals surface area contributed by atoms with E-state index in [9.17, 15) is 0 Å². The van der Waals surface area contributed by atoms with E-state index in [1.54, 1.807) is 44.5 Å². The van der Waals surface area contributed by atoms with Gasteiger partial charge in [0.25, 0.3) is 0 Å². The summed E-state index contributed by atoms with van der Waals surface area (Å²) in [5, 5.41) is 0. The fraction of sp³-hybridized carbons (Fsp3) is 0.231. The molecule has 58 heavy (non-hydrogen) atoms. The van der Waals surface area contributed by atoms with Gasteiger partial charge in [0.1, 0.15) is 0 Å². The summed E-state index contributed by atoms with van der Waals surface area (Å²) in [7, 11) is 0. The van der Waals surface area contributed by atoms with E-state index in [0.717, 1.165) is 25.7 Å². The molecule has 0 saturated heterocycles. The minimum Gasteiger partial charge on any atom is -1.00 e. The summed E-state index contributed by atoms with van der Waals surface area (Å²) in [4.78, 5) is 0. The zero-order valence-electron chi connectivity index (χ0n) is 34.7. The molecule has 0 heterocycles. The second-order valence-corrected chi connectivity index (χ2v) is 60.3. The molecule has 0 N–H and O–H groups in total. The molecule has 0 fully saturated rings. The van der Waals surface area contributed by atoms with Crippen LogP contribution in [0.1, 0.15) is 113 Å². The molecule has 4 aromatic rings. The molecule has 4 unspecified atom stereocenters. The standard InChI is InChI=1S/4C11H11.2C4H7Si.2ClH.2Hf/c4*1-2-9-7-10-5-3-4-6-11(10)8-9;2*1-3-5-4-2;;;;/h4*3-8H,2H2,1H3;2*3-5H,1-2H2;2*1H;;/q;;;;;;;;2*+1/p-2. The molecule has 8 rings (SSSR count). The normalized spacial score (nSPS) is 19.0. The molecule has 0 radical (unpaired) electrons. The maximum absolute atomic E-state index is 4.31. The van der Waals surface area contributed by atoms with Crippen LogP contribution in [0, 0.1) is 0 Å². The second-order valence-electron chi connectivity index (χ2n) is 15.5. The topological polar surface area (TPSA) is 0 Å². The van der Waals surface area contributed by atoms with Gasteiger partial charge in [-0.15, -0.1) is 0 Å². The summed E-state index contributed by atoms with van der Waals surface area (Å²) in [6, 6.07) is 36.5. The second kappa shape index (κ2) is 21.4. The van der Waals surface area contributed by atoms with Crippen molar-refractivity contribution in [2.75, 3.05) is 0 Å². The average Bonchev–Trinajstić information content (AvgIpc) is 4.02. The van der Waals surface area contributed by atoms with Gasteiger partial charge in [-0.25, -0.2) is 0 Å².